The van der Waals surface area contributed by atoms with E-state index in [-0.39, 0.29) is 6.04 Å². The SMILES string of the molecule is COC(=O)c1c(N)n(C(C)CCCCC(C)C)c2nc3ccccc3nc12. The molecule has 0 amide bonds. The lowest BCUT2D eigenvalue weighted by molar-refractivity contribution is 0.0604. The number of nitrogens with two attached hydrogens (primary N) is 1. The fraction of sp³-hybridized carbons (Fsp3) is 0.476. The third-order valence-corrected chi connectivity index (χ3v) is 5.02. The van der Waals surface area contributed by atoms with Crippen molar-refractivity contribution in [2.24, 2.45) is 5.92 Å². The summed E-state index contributed by atoms with van der Waals surface area (Å²) in [6, 6.07) is 7.74. The van der Waals surface area contributed by atoms with E-state index in [1.165, 1.54) is 20.0 Å². The van der Waals surface area contributed by atoms with Gasteiger partial charge in [0.25, 0.3) is 0 Å². The van der Waals surface area contributed by atoms with Crippen LogP contribution in [0.5, 0.6) is 0 Å². The third-order valence-electron chi connectivity index (χ3n) is 5.02. The van der Waals surface area contributed by atoms with E-state index in [0.717, 1.165) is 23.9 Å². The molecule has 0 aliphatic carbocycles. The predicted molar refractivity (Wildman–Crippen MR) is 109 cm³/mol. The molecular formula is C21H28N4O2. The number of para-hydroxylation sites is 2. The number of carbonyl (C=O) groups excluding carboxylic acids is 1. The number of carbonyl (C=O) groups is 1. The van der Waals surface area contributed by atoms with Crippen molar-refractivity contribution in [3.05, 3.63) is 29.8 Å². The Morgan fingerprint density at radius 2 is 1.74 bits per heavy atom. The minimum atomic E-state index is -0.479. The molecule has 0 fully saturated rings. The van der Waals surface area contributed by atoms with Gasteiger partial charge in [-0.25, -0.2) is 14.8 Å². The molecule has 0 saturated heterocycles. The zero-order valence-corrected chi connectivity index (χ0v) is 16.5. The van der Waals surface area contributed by atoms with Crippen molar-refractivity contribution in [3.8, 4) is 0 Å². The quantitative estimate of drug-likeness (QED) is 0.481. The number of rotatable bonds is 7. The molecule has 144 valence electrons. The van der Waals surface area contributed by atoms with Gasteiger partial charge in [0.2, 0.25) is 0 Å². The molecule has 27 heavy (non-hydrogen) atoms. The minimum Gasteiger partial charge on any atom is -0.465 e. The number of ether oxygens (including phenoxy) is 1. The first-order valence-corrected chi connectivity index (χ1v) is 9.58. The van der Waals surface area contributed by atoms with Gasteiger partial charge in [0.1, 0.15) is 16.9 Å². The van der Waals surface area contributed by atoms with Crippen LogP contribution in [-0.4, -0.2) is 27.6 Å². The summed E-state index contributed by atoms with van der Waals surface area (Å²) in [6.07, 6.45) is 4.47. The number of nitrogen functional groups attached to an aromatic ring is 1. The Hall–Kier alpha value is -2.63. The average Bonchev–Trinajstić information content (AvgIpc) is 2.93. The highest BCUT2D eigenvalue weighted by atomic mass is 16.5. The second-order valence-corrected chi connectivity index (χ2v) is 7.53. The molecule has 6 nitrogen and oxygen atoms in total. The fourth-order valence-electron chi connectivity index (χ4n) is 3.55. The van der Waals surface area contributed by atoms with E-state index in [0.29, 0.717) is 28.5 Å². The molecule has 2 heterocycles. The van der Waals surface area contributed by atoms with Crippen LogP contribution in [0.4, 0.5) is 5.82 Å². The maximum absolute atomic E-state index is 12.4. The van der Waals surface area contributed by atoms with Gasteiger partial charge in [-0.3, -0.25) is 0 Å². The number of fused-ring (bicyclic) bond motifs is 2. The van der Waals surface area contributed by atoms with E-state index in [2.05, 4.69) is 25.8 Å². The maximum atomic E-state index is 12.4. The number of anilines is 1. The normalized spacial score (nSPS) is 12.8. The molecule has 3 aromatic rings. The third kappa shape index (κ3) is 3.75. The summed E-state index contributed by atoms with van der Waals surface area (Å²) in [6.45, 7) is 6.59. The number of benzene rings is 1. The van der Waals surface area contributed by atoms with Crippen LogP contribution in [0.15, 0.2) is 24.3 Å². The molecule has 0 bridgehead atoms. The van der Waals surface area contributed by atoms with Gasteiger partial charge in [0, 0.05) is 6.04 Å². The standard InChI is InChI=1S/C21H28N4O2/c1-13(2)9-5-6-10-14(3)25-19(22)17(21(26)27-4)18-20(25)24-16-12-8-7-11-15(16)23-18/h7-8,11-14H,5-6,9-10,22H2,1-4H3. The highest BCUT2D eigenvalue weighted by molar-refractivity contribution is 6.08. The second-order valence-electron chi connectivity index (χ2n) is 7.53. The Morgan fingerprint density at radius 3 is 2.37 bits per heavy atom. The zero-order chi connectivity index (χ0) is 19.6. The first-order chi connectivity index (χ1) is 12.9. The molecule has 1 unspecified atom stereocenters. The topological polar surface area (TPSA) is 83.0 Å². The smallest absolute Gasteiger partial charge is 0.343 e. The second kappa shape index (κ2) is 7.94. The monoisotopic (exact) mass is 368 g/mol. The molecule has 1 aromatic carbocycles. The Bertz CT molecular complexity index is 962. The maximum Gasteiger partial charge on any atom is 0.343 e. The minimum absolute atomic E-state index is 0.119. The molecule has 0 saturated carbocycles. The molecule has 3 rings (SSSR count). The van der Waals surface area contributed by atoms with E-state index < -0.39 is 5.97 Å². The predicted octanol–water partition coefficient (Wildman–Crippen LogP) is 4.73. The van der Waals surface area contributed by atoms with Gasteiger partial charge in [0.15, 0.2) is 5.65 Å². The molecule has 6 heteroatoms. The van der Waals surface area contributed by atoms with Crippen LogP contribution in [0.25, 0.3) is 22.2 Å². The highest BCUT2D eigenvalue weighted by Crippen LogP contribution is 2.33. The summed E-state index contributed by atoms with van der Waals surface area (Å²) >= 11 is 0. The Labute approximate surface area is 159 Å². The van der Waals surface area contributed by atoms with E-state index in [9.17, 15) is 4.79 Å². The van der Waals surface area contributed by atoms with Crippen LogP contribution < -0.4 is 5.73 Å². The number of unbranched alkanes of at least 4 members (excludes halogenated alkanes) is 1. The van der Waals surface area contributed by atoms with Gasteiger partial charge in [-0.05, 0) is 31.4 Å². The Kier molecular flexibility index (Phi) is 5.63. The summed E-state index contributed by atoms with van der Waals surface area (Å²) in [5, 5.41) is 0. The number of esters is 1. The summed E-state index contributed by atoms with van der Waals surface area (Å²) in [7, 11) is 1.36. The first kappa shape index (κ1) is 19.1. The van der Waals surface area contributed by atoms with Crippen molar-refractivity contribution < 1.29 is 9.53 Å². The van der Waals surface area contributed by atoms with E-state index in [4.69, 9.17) is 15.5 Å². The lowest BCUT2D eigenvalue weighted by Gasteiger charge is -2.17. The summed E-state index contributed by atoms with van der Waals surface area (Å²) in [5.41, 5.74) is 9.36. The van der Waals surface area contributed by atoms with Gasteiger partial charge < -0.3 is 15.0 Å². The molecule has 0 aliphatic rings. The lowest BCUT2D eigenvalue weighted by atomic mass is 10.0. The largest absolute Gasteiger partial charge is 0.465 e. The first-order valence-electron chi connectivity index (χ1n) is 9.58. The number of aromatic nitrogens is 3. The van der Waals surface area contributed by atoms with Crippen molar-refractivity contribution >= 4 is 34.0 Å². The molecule has 2 N–H and O–H groups in total. The zero-order valence-electron chi connectivity index (χ0n) is 16.5. The average molecular weight is 368 g/mol. The molecule has 0 radical (unpaired) electrons. The Balaban J connectivity index is 2.06. The number of nitrogens with zero attached hydrogens (tertiary/aromatic N) is 3. The van der Waals surface area contributed by atoms with E-state index in [1.54, 1.807) is 0 Å². The van der Waals surface area contributed by atoms with Crippen molar-refractivity contribution in [1.82, 2.24) is 14.5 Å². The molecule has 0 aliphatic heterocycles. The number of hydrogen-bond donors (Lipinski definition) is 1. The number of hydrogen-bond acceptors (Lipinski definition) is 5. The van der Waals surface area contributed by atoms with Crippen molar-refractivity contribution in [2.45, 2.75) is 52.5 Å². The van der Waals surface area contributed by atoms with Gasteiger partial charge in [0.05, 0.1) is 18.1 Å². The number of methoxy groups -OCH3 is 1. The van der Waals surface area contributed by atoms with E-state index in [1.807, 2.05) is 28.8 Å². The van der Waals surface area contributed by atoms with Crippen molar-refractivity contribution in [1.29, 1.82) is 0 Å². The molecular weight excluding hydrogens is 340 g/mol. The summed E-state index contributed by atoms with van der Waals surface area (Å²) in [4.78, 5) is 21.8. The van der Waals surface area contributed by atoms with Gasteiger partial charge in [-0.15, -0.1) is 0 Å². The summed E-state index contributed by atoms with van der Waals surface area (Å²) in [5.74, 6) is 0.609. The van der Waals surface area contributed by atoms with Gasteiger partial charge in [-0.1, -0.05) is 45.2 Å². The van der Waals surface area contributed by atoms with Crippen LogP contribution in [-0.2, 0) is 4.74 Å². The van der Waals surface area contributed by atoms with Crippen LogP contribution >= 0.6 is 0 Å². The highest BCUT2D eigenvalue weighted by Gasteiger charge is 2.26. The molecule has 1 atom stereocenters. The Morgan fingerprint density at radius 1 is 1.11 bits per heavy atom. The van der Waals surface area contributed by atoms with Gasteiger partial charge in [-0.2, -0.15) is 0 Å². The van der Waals surface area contributed by atoms with E-state index >= 15 is 0 Å². The van der Waals surface area contributed by atoms with Crippen LogP contribution in [0.1, 0.15) is 62.9 Å². The molecule has 0 spiro atoms. The van der Waals surface area contributed by atoms with Crippen LogP contribution in [0.2, 0.25) is 0 Å². The van der Waals surface area contributed by atoms with Gasteiger partial charge >= 0.3 is 5.97 Å². The summed E-state index contributed by atoms with van der Waals surface area (Å²) < 4.78 is 6.90. The van der Waals surface area contributed by atoms with Crippen molar-refractivity contribution in [2.75, 3.05) is 12.8 Å². The van der Waals surface area contributed by atoms with Crippen molar-refractivity contribution in [3.63, 3.8) is 0 Å². The molecule has 2 aromatic heterocycles. The van der Waals surface area contributed by atoms with Crippen LogP contribution in [0, 0.1) is 5.92 Å². The fourth-order valence-corrected chi connectivity index (χ4v) is 3.55. The lowest BCUT2D eigenvalue weighted by Crippen LogP contribution is -2.11. The van der Waals surface area contributed by atoms with Crippen LogP contribution in [0.3, 0.4) is 0 Å².